The molecule has 0 fully saturated rings. The second-order valence-electron chi connectivity index (χ2n) is 5.66. The van der Waals surface area contributed by atoms with E-state index in [0.717, 1.165) is 6.54 Å². The zero-order valence-corrected chi connectivity index (χ0v) is 13.7. The van der Waals surface area contributed by atoms with Gasteiger partial charge in [0.1, 0.15) is 11.6 Å². The number of nitriles is 1. The summed E-state index contributed by atoms with van der Waals surface area (Å²) < 4.78 is 0. The summed E-state index contributed by atoms with van der Waals surface area (Å²) in [6, 6.07) is 9.57. The number of rotatable bonds is 7. The van der Waals surface area contributed by atoms with Crippen LogP contribution in [0.4, 0.5) is 5.69 Å². The minimum atomic E-state index is -0.405. The quantitative estimate of drug-likeness (QED) is 0.460. The number of amides is 1. The number of likely N-dealkylation sites (N-methyl/N-ethyl adjacent to an activating group) is 1. The molecular weight excluding hydrogens is 276 g/mol. The summed E-state index contributed by atoms with van der Waals surface area (Å²) in [6.45, 7) is 5.73. The molecule has 22 heavy (non-hydrogen) atoms. The summed E-state index contributed by atoms with van der Waals surface area (Å²) >= 11 is 0. The Morgan fingerprint density at radius 2 is 1.95 bits per heavy atom. The molecule has 1 aromatic rings. The van der Waals surface area contributed by atoms with Crippen molar-refractivity contribution in [3.63, 3.8) is 0 Å². The average molecular weight is 300 g/mol. The third-order valence-corrected chi connectivity index (χ3v) is 3.15. The topological polar surface area (TPSA) is 68.2 Å². The predicted octanol–water partition coefficient (Wildman–Crippen LogP) is 2.31. The molecule has 118 valence electrons. The van der Waals surface area contributed by atoms with Gasteiger partial charge in [-0.1, -0.05) is 26.0 Å². The zero-order chi connectivity index (χ0) is 16.5. The third-order valence-electron chi connectivity index (χ3n) is 3.15. The van der Waals surface area contributed by atoms with E-state index >= 15 is 0 Å². The largest absolute Gasteiger partial charge is 0.388 e. The fourth-order valence-corrected chi connectivity index (χ4v) is 1.76. The van der Waals surface area contributed by atoms with Gasteiger partial charge in [0.05, 0.1) is 0 Å². The lowest BCUT2D eigenvalue weighted by molar-refractivity contribution is -0.112. The van der Waals surface area contributed by atoms with Gasteiger partial charge in [0.15, 0.2) is 0 Å². The number of benzene rings is 1. The van der Waals surface area contributed by atoms with Crippen molar-refractivity contribution in [3.8, 4) is 6.07 Å². The van der Waals surface area contributed by atoms with Crippen molar-refractivity contribution in [2.75, 3.05) is 32.5 Å². The first-order valence-electron chi connectivity index (χ1n) is 7.33. The van der Waals surface area contributed by atoms with Gasteiger partial charge in [-0.2, -0.15) is 5.26 Å². The SMILES string of the molecule is CC(C)c1ccc(NC(=O)/C(C#N)=C\NCCN(C)C)cc1. The van der Waals surface area contributed by atoms with E-state index in [9.17, 15) is 4.79 Å². The van der Waals surface area contributed by atoms with Crippen LogP contribution in [0.25, 0.3) is 0 Å². The number of nitrogens with zero attached hydrogens (tertiary/aromatic N) is 2. The molecule has 0 spiro atoms. The summed E-state index contributed by atoms with van der Waals surface area (Å²) in [6.07, 6.45) is 1.46. The third kappa shape index (κ3) is 5.98. The first-order valence-corrected chi connectivity index (χ1v) is 7.33. The number of hydrogen-bond donors (Lipinski definition) is 2. The summed E-state index contributed by atoms with van der Waals surface area (Å²) in [4.78, 5) is 14.1. The summed E-state index contributed by atoms with van der Waals surface area (Å²) in [5.41, 5.74) is 1.95. The van der Waals surface area contributed by atoms with Gasteiger partial charge in [-0.15, -0.1) is 0 Å². The van der Waals surface area contributed by atoms with Crippen molar-refractivity contribution in [2.45, 2.75) is 19.8 Å². The molecule has 0 saturated carbocycles. The molecule has 1 rings (SSSR count). The van der Waals surface area contributed by atoms with Crippen LogP contribution in [0.15, 0.2) is 36.0 Å². The second kappa shape index (κ2) is 8.85. The van der Waals surface area contributed by atoms with Crippen LogP contribution in [-0.4, -0.2) is 38.0 Å². The fraction of sp³-hybridized carbons (Fsp3) is 0.412. The molecule has 0 radical (unpaired) electrons. The summed E-state index contributed by atoms with van der Waals surface area (Å²) in [5.74, 6) is 0.0392. The van der Waals surface area contributed by atoms with Gasteiger partial charge in [-0.25, -0.2) is 0 Å². The van der Waals surface area contributed by atoms with Gasteiger partial charge in [0, 0.05) is 25.0 Å². The summed E-state index contributed by atoms with van der Waals surface area (Å²) in [5, 5.41) is 14.8. The Morgan fingerprint density at radius 1 is 1.32 bits per heavy atom. The van der Waals surface area contributed by atoms with Gasteiger partial charge in [-0.3, -0.25) is 4.79 Å². The highest BCUT2D eigenvalue weighted by atomic mass is 16.1. The lowest BCUT2D eigenvalue weighted by Gasteiger charge is -2.10. The first kappa shape index (κ1) is 17.7. The Bertz CT molecular complexity index is 553. The number of carbonyl (C=O) groups is 1. The van der Waals surface area contributed by atoms with E-state index < -0.39 is 5.91 Å². The van der Waals surface area contributed by atoms with Crippen molar-refractivity contribution in [1.29, 1.82) is 5.26 Å². The molecule has 0 aliphatic carbocycles. The van der Waals surface area contributed by atoms with Crippen LogP contribution in [0, 0.1) is 11.3 Å². The first-order chi connectivity index (χ1) is 10.4. The highest BCUT2D eigenvalue weighted by molar-refractivity contribution is 6.06. The normalized spacial score (nSPS) is 11.4. The molecule has 0 heterocycles. The maximum absolute atomic E-state index is 12.0. The Labute approximate surface area is 132 Å². The van der Waals surface area contributed by atoms with Crippen molar-refractivity contribution < 1.29 is 4.79 Å². The van der Waals surface area contributed by atoms with Crippen LogP contribution < -0.4 is 10.6 Å². The maximum Gasteiger partial charge on any atom is 0.267 e. The Hall–Kier alpha value is -2.32. The van der Waals surface area contributed by atoms with E-state index in [1.54, 1.807) is 0 Å². The van der Waals surface area contributed by atoms with E-state index in [0.29, 0.717) is 18.2 Å². The lowest BCUT2D eigenvalue weighted by Crippen LogP contribution is -2.24. The molecule has 0 aromatic heterocycles. The molecule has 1 aromatic carbocycles. The van der Waals surface area contributed by atoms with Crippen molar-refractivity contribution in [3.05, 3.63) is 41.6 Å². The van der Waals surface area contributed by atoms with Gasteiger partial charge < -0.3 is 15.5 Å². The Kier molecular flexibility index (Phi) is 7.14. The fourth-order valence-electron chi connectivity index (χ4n) is 1.76. The van der Waals surface area contributed by atoms with Gasteiger partial charge >= 0.3 is 0 Å². The predicted molar refractivity (Wildman–Crippen MR) is 89.4 cm³/mol. The number of hydrogen-bond acceptors (Lipinski definition) is 4. The second-order valence-corrected chi connectivity index (χ2v) is 5.66. The number of carbonyl (C=O) groups excluding carboxylic acids is 1. The molecule has 0 aliphatic rings. The van der Waals surface area contributed by atoms with Crippen molar-refractivity contribution >= 4 is 11.6 Å². The Balaban J connectivity index is 2.61. The van der Waals surface area contributed by atoms with E-state index in [1.807, 2.05) is 49.3 Å². The maximum atomic E-state index is 12.0. The molecule has 0 unspecified atom stereocenters. The zero-order valence-electron chi connectivity index (χ0n) is 13.7. The molecule has 0 saturated heterocycles. The molecule has 0 aliphatic heterocycles. The molecule has 5 heteroatoms. The number of nitrogens with one attached hydrogen (secondary N) is 2. The van der Waals surface area contributed by atoms with Crippen LogP contribution in [0.5, 0.6) is 0 Å². The number of anilines is 1. The average Bonchev–Trinajstić information content (AvgIpc) is 2.47. The molecule has 1 amide bonds. The van der Waals surface area contributed by atoms with Crippen molar-refractivity contribution in [1.82, 2.24) is 10.2 Å². The smallest absolute Gasteiger partial charge is 0.267 e. The molecular formula is C17H24N4O. The molecule has 0 bridgehead atoms. The van der Waals surface area contributed by atoms with Crippen LogP contribution >= 0.6 is 0 Å². The van der Waals surface area contributed by atoms with Crippen LogP contribution in [0.3, 0.4) is 0 Å². The highest BCUT2D eigenvalue weighted by Gasteiger charge is 2.09. The van der Waals surface area contributed by atoms with E-state index in [-0.39, 0.29) is 5.57 Å². The van der Waals surface area contributed by atoms with Crippen LogP contribution in [-0.2, 0) is 4.79 Å². The van der Waals surface area contributed by atoms with Gasteiger partial charge in [-0.05, 0) is 37.7 Å². The minimum Gasteiger partial charge on any atom is -0.388 e. The van der Waals surface area contributed by atoms with Gasteiger partial charge in [0.2, 0.25) is 0 Å². The minimum absolute atomic E-state index is 0.0618. The van der Waals surface area contributed by atoms with Crippen LogP contribution in [0.1, 0.15) is 25.3 Å². The van der Waals surface area contributed by atoms with E-state index in [2.05, 4.69) is 24.5 Å². The molecule has 5 nitrogen and oxygen atoms in total. The molecule has 2 N–H and O–H groups in total. The van der Waals surface area contributed by atoms with E-state index in [1.165, 1.54) is 11.8 Å². The standard InChI is InChI=1S/C17H24N4O/c1-13(2)14-5-7-16(8-6-14)20-17(22)15(11-18)12-19-9-10-21(3)4/h5-8,12-13,19H,9-10H2,1-4H3,(H,20,22)/b15-12-. The van der Waals surface area contributed by atoms with Gasteiger partial charge in [0.25, 0.3) is 5.91 Å². The highest BCUT2D eigenvalue weighted by Crippen LogP contribution is 2.17. The van der Waals surface area contributed by atoms with Crippen molar-refractivity contribution in [2.24, 2.45) is 0 Å². The Morgan fingerprint density at radius 3 is 2.45 bits per heavy atom. The monoisotopic (exact) mass is 300 g/mol. The lowest BCUT2D eigenvalue weighted by atomic mass is 10.0. The summed E-state index contributed by atoms with van der Waals surface area (Å²) in [7, 11) is 3.92. The molecule has 0 atom stereocenters. The van der Waals surface area contributed by atoms with E-state index in [4.69, 9.17) is 5.26 Å². The van der Waals surface area contributed by atoms with Crippen LogP contribution in [0.2, 0.25) is 0 Å².